The van der Waals surface area contributed by atoms with Gasteiger partial charge in [0.15, 0.2) is 17.5 Å². The standard InChI is InChI=1S/C68H62F6N6/c1-63(2,3)44-29-40(30-45(34-44)64(4,5)6)61-76-60(77-62(78-61)41-31-46(65(7,8)9)35-47(32-41)66(10,11)12)39-21-24-56(79-54-19-15-13-17-48(54)51-36-42(67(69,70)71)22-25-57(51)79)50(33-39)53-38-75-28-27-59(53)80-55-20-16-14-18-49(55)52-37-43(68(72,73)74)23-26-58(52)80/h13-38H,1-12H3. The van der Waals surface area contributed by atoms with Gasteiger partial charge in [0.05, 0.1) is 44.6 Å². The van der Waals surface area contributed by atoms with Crippen molar-refractivity contribution in [3.05, 3.63) is 191 Å². The zero-order valence-electron chi connectivity index (χ0n) is 47.0. The van der Waals surface area contributed by atoms with Crippen molar-refractivity contribution >= 4 is 43.6 Å². The third-order valence-electron chi connectivity index (χ3n) is 15.3. The second-order valence-electron chi connectivity index (χ2n) is 25.2. The van der Waals surface area contributed by atoms with E-state index in [1.54, 1.807) is 24.5 Å². The number of para-hydroxylation sites is 2. The number of pyridine rings is 1. The highest BCUT2D eigenvalue weighted by Gasteiger charge is 2.34. The molecule has 0 saturated heterocycles. The van der Waals surface area contributed by atoms with Gasteiger partial charge >= 0.3 is 12.4 Å². The van der Waals surface area contributed by atoms with Gasteiger partial charge in [0, 0.05) is 61.8 Å². The summed E-state index contributed by atoms with van der Waals surface area (Å²) >= 11 is 0. The fourth-order valence-corrected chi connectivity index (χ4v) is 10.7. The lowest BCUT2D eigenvalue weighted by atomic mass is 9.79. The van der Waals surface area contributed by atoms with Crippen molar-refractivity contribution in [3.8, 4) is 56.7 Å². The van der Waals surface area contributed by atoms with Crippen molar-refractivity contribution < 1.29 is 26.3 Å². The number of rotatable bonds is 6. The molecule has 0 radical (unpaired) electrons. The average Bonchev–Trinajstić information content (AvgIpc) is 3.99. The molecule has 11 rings (SSSR count). The monoisotopic (exact) mass is 1080 g/mol. The Kier molecular flexibility index (Phi) is 12.6. The van der Waals surface area contributed by atoms with Crippen LogP contribution in [0.4, 0.5) is 26.3 Å². The number of fused-ring (bicyclic) bond motifs is 6. The van der Waals surface area contributed by atoms with Gasteiger partial charge in [0.1, 0.15) is 0 Å². The van der Waals surface area contributed by atoms with E-state index in [9.17, 15) is 26.3 Å². The highest BCUT2D eigenvalue weighted by molar-refractivity contribution is 6.12. The summed E-state index contributed by atoms with van der Waals surface area (Å²) in [7, 11) is 0. The van der Waals surface area contributed by atoms with Gasteiger partial charge < -0.3 is 9.13 Å². The number of alkyl halides is 6. The first-order valence-electron chi connectivity index (χ1n) is 26.8. The minimum atomic E-state index is -4.59. The molecule has 0 aliphatic carbocycles. The van der Waals surface area contributed by atoms with E-state index in [4.69, 9.17) is 19.9 Å². The molecule has 80 heavy (non-hydrogen) atoms. The van der Waals surface area contributed by atoms with Gasteiger partial charge in [-0.05, 0) is 141 Å². The number of benzene rings is 7. The number of nitrogens with zero attached hydrogens (tertiary/aromatic N) is 6. The molecule has 0 N–H and O–H groups in total. The molecule has 7 aromatic carbocycles. The zero-order valence-corrected chi connectivity index (χ0v) is 47.0. The van der Waals surface area contributed by atoms with E-state index in [0.29, 0.717) is 89.2 Å². The Hall–Kier alpha value is -8.12. The molecule has 11 aromatic rings. The number of hydrogen-bond donors (Lipinski definition) is 0. The second-order valence-corrected chi connectivity index (χ2v) is 25.2. The van der Waals surface area contributed by atoms with Crippen LogP contribution >= 0.6 is 0 Å². The Morgan fingerprint density at radius 3 is 1.10 bits per heavy atom. The molecule has 12 heteroatoms. The largest absolute Gasteiger partial charge is 0.416 e. The molecule has 0 atom stereocenters. The molecule has 0 aliphatic rings. The third-order valence-corrected chi connectivity index (χ3v) is 15.3. The minimum absolute atomic E-state index is 0.221. The molecule has 406 valence electrons. The van der Waals surface area contributed by atoms with E-state index in [2.05, 4.69) is 119 Å². The summed E-state index contributed by atoms with van der Waals surface area (Å²) in [5.41, 5.74) is 9.08. The van der Waals surface area contributed by atoms with E-state index in [1.165, 1.54) is 24.3 Å². The van der Waals surface area contributed by atoms with E-state index in [1.807, 2.05) is 69.8 Å². The first-order valence-corrected chi connectivity index (χ1v) is 26.8. The Morgan fingerprint density at radius 1 is 0.325 bits per heavy atom. The summed E-state index contributed by atoms with van der Waals surface area (Å²) in [4.78, 5) is 20.8. The molecule has 4 aromatic heterocycles. The lowest BCUT2D eigenvalue weighted by Gasteiger charge is -2.26. The Bertz CT molecular complexity index is 4100. The lowest BCUT2D eigenvalue weighted by Crippen LogP contribution is -2.17. The Labute approximate surface area is 462 Å². The zero-order chi connectivity index (χ0) is 57.2. The first kappa shape index (κ1) is 53.9. The maximum Gasteiger partial charge on any atom is 0.416 e. The highest BCUT2D eigenvalue weighted by Crippen LogP contribution is 2.45. The maximum atomic E-state index is 14.5. The molecule has 0 bridgehead atoms. The minimum Gasteiger partial charge on any atom is -0.309 e. The molecule has 0 amide bonds. The van der Waals surface area contributed by atoms with Gasteiger partial charge in [0.25, 0.3) is 0 Å². The molecule has 0 unspecified atom stereocenters. The van der Waals surface area contributed by atoms with Crippen LogP contribution in [-0.4, -0.2) is 29.1 Å². The van der Waals surface area contributed by atoms with Crippen molar-refractivity contribution in [2.24, 2.45) is 0 Å². The van der Waals surface area contributed by atoms with Gasteiger partial charge in [-0.3, -0.25) is 4.98 Å². The van der Waals surface area contributed by atoms with Crippen LogP contribution in [0.25, 0.3) is 100 Å². The van der Waals surface area contributed by atoms with Crippen molar-refractivity contribution in [3.63, 3.8) is 0 Å². The third kappa shape index (κ3) is 9.81. The van der Waals surface area contributed by atoms with Gasteiger partial charge in [-0.2, -0.15) is 26.3 Å². The first-order chi connectivity index (χ1) is 37.4. The molecule has 0 spiro atoms. The molecule has 0 fully saturated rings. The molecule has 6 nitrogen and oxygen atoms in total. The van der Waals surface area contributed by atoms with Crippen LogP contribution < -0.4 is 0 Å². The average molecular weight is 1080 g/mol. The molecule has 4 heterocycles. The SMILES string of the molecule is CC(C)(C)c1cc(-c2nc(-c3cc(C(C)(C)C)cc(C(C)(C)C)c3)nc(-c3ccc(-n4c5ccccc5c5cc(C(F)(F)F)ccc54)c(-c4cnccc4-n4c5ccccc5c5cc(C(F)(F)F)ccc54)c3)n2)cc(C(C)(C)C)c1. The van der Waals surface area contributed by atoms with Gasteiger partial charge in [-0.1, -0.05) is 132 Å². The Morgan fingerprint density at radius 2 is 0.700 bits per heavy atom. The molecule has 0 aliphatic heterocycles. The summed E-state index contributed by atoms with van der Waals surface area (Å²) in [5, 5.41) is 2.05. The summed E-state index contributed by atoms with van der Waals surface area (Å²) in [5.74, 6) is 1.31. The van der Waals surface area contributed by atoms with Crippen LogP contribution in [0.3, 0.4) is 0 Å². The van der Waals surface area contributed by atoms with Crippen molar-refractivity contribution in [1.29, 1.82) is 0 Å². The molecule has 0 saturated carbocycles. The van der Waals surface area contributed by atoms with Gasteiger partial charge in [0.2, 0.25) is 0 Å². The van der Waals surface area contributed by atoms with E-state index in [0.717, 1.165) is 45.5 Å². The van der Waals surface area contributed by atoms with Crippen LogP contribution in [0.1, 0.15) is 116 Å². The topological polar surface area (TPSA) is 61.4 Å². The van der Waals surface area contributed by atoms with Gasteiger partial charge in [-0.15, -0.1) is 0 Å². The summed E-state index contributed by atoms with van der Waals surface area (Å²) in [6.07, 6.45) is -5.81. The number of halogens is 6. The second kappa shape index (κ2) is 18.7. The molecular weight excluding hydrogens is 1010 g/mol. The maximum absolute atomic E-state index is 14.5. The quantitative estimate of drug-likeness (QED) is 0.156. The van der Waals surface area contributed by atoms with Crippen molar-refractivity contribution in [2.75, 3.05) is 0 Å². The van der Waals surface area contributed by atoms with E-state index >= 15 is 0 Å². The number of aromatic nitrogens is 6. The molecular formula is C68H62F6N6. The Balaban J connectivity index is 1.25. The predicted molar refractivity (Wildman–Crippen MR) is 313 cm³/mol. The highest BCUT2D eigenvalue weighted by atomic mass is 19.4. The fourth-order valence-electron chi connectivity index (χ4n) is 10.7. The van der Waals surface area contributed by atoms with Crippen molar-refractivity contribution in [2.45, 2.75) is 117 Å². The van der Waals surface area contributed by atoms with Gasteiger partial charge in [-0.25, -0.2) is 15.0 Å². The summed E-state index contributed by atoms with van der Waals surface area (Å²) in [6.45, 7) is 26.3. The number of hydrogen-bond acceptors (Lipinski definition) is 4. The lowest BCUT2D eigenvalue weighted by molar-refractivity contribution is -0.138. The van der Waals surface area contributed by atoms with Crippen LogP contribution in [0.2, 0.25) is 0 Å². The smallest absolute Gasteiger partial charge is 0.309 e. The van der Waals surface area contributed by atoms with Crippen LogP contribution in [0.15, 0.2) is 158 Å². The van der Waals surface area contributed by atoms with E-state index in [-0.39, 0.29) is 21.7 Å². The van der Waals surface area contributed by atoms with Crippen LogP contribution in [-0.2, 0) is 34.0 Å². The summed E-state index contributed by atoms with van der Waals surface area (Å²) in [6, 6.07) is 43.1. The van der Waals surface area contributed by atoms with E-state index < -0.39 is 23.5 Å². The predicted octanol–water partition coefficient (Wildman–Crippen LogP) is 19.4. The normalized spacial score (nSPS) is 13.1. The van der Waals surface area contributed by atoms with Crippen molar-refractivity contribution in [1.82, 2.24) is 29.1 Å². The van der Waals surface area contributed by atoms with Crippen LogP contribution in [0, 0.1) is 0 Å². The summed E-state index contributed by atoms with van der Waals surface area (Å²) < 4.78 is 90.6. The fraction of sp³-hybridized carbons (Fsp3) is 0.265. The van der Waals surface area contributed by atoms with Crippen LogP contribution in [0.5, 0.6) is 0 Å².